The molecule has 0 amide bonds. The van der Waals surface area contributed by atoms with E-state index in [2.05, 4.69) is 46.4 Å². The minimum absolute atomic E-state index is 0.167. The molecule has 4 rings (SSSR count). The summed E-state index contributed by atoms with van der Waals surface area (Å²) in [5.74, 6) is 0.694. The fraction of sp³-hybridized carbons (Fsp3) is 0.278. The summed E-state index contributed by atoms with van der Waals surface area (Å²) in [6.07, 6.45) is 2.63. The molecule has 3 heterocycles. The molecule has 1 aromatic carbocycles. The molecule has 0 radical (unpaired) electrons. The van der Waals surface area contributed by atoms with Crippen LogP contribution in [0.15, 0.2) is 41.1 Å². The van der Waals surface area contributed by atoms with Crippen LogP contribution in [0.5, 0.6) is 0 Å². The summed E-state index contributed by atoms with van der Waals surface area (Å²) >= 11 is 0. The molecule has 0 bridgehead atoms. The van der Waals surface area contributed by atoms with Gasteiger partial charge in [-0.25, -0.2) is 0 Å². The number of H-pyrrole nitrogens is 1. The second-order valence-corrected chi connectivity index (χ2v) is 7.17. The summed E-state index contributed by atoms with van der Waals surface area (Å²) in [5, 5.41) is 15.8. The minimum Gasteiger partial charge on any atom is -0.356 e. The van der Waals surface area contributed by atoms with Crippen LogP contribution in [0.1, 0.15) is 26.5 Å². The predicted octanol–water partition coefficient (Wildman–Crippen LogP) is 4.43. The van der Waals surface area contributed by atoms with E-state index >= 15 is 0 Å². The zero-order chi connectivity index (χ0) is 16.7. The lowest BCUT2D eigenvalue weighted by Crippen LogP contribution is -2.09. The fourth-order valence-electron chi connectivity index (χ4n) is 2.77. The summed E-state index contributed by atoms with van der Waals surface area (Å²) in [6.45, 7) is 6.58. The third kappa shape index (κ3) is 2.71. The van der Waals surface area contributed by atoms with Crippen LogP contribution in [0.2, 0.25) is 0 Å². The molecule has 0 saturated heterocycles. The van der Waals surface area contributed by atoms with E-state index in [9.17, 15) is 0 Å². The van der Waals surface area contributed by atoms with Gasteiger partial charge in [0.25, 0.3) is 0 Å². The third-order valence-corrected chi connectivity index (χ3v) is 3.83. The van der Waals surface area contributed by atoms with Crippen molar-refractivity contribution in [1.29, 1.82) is 0 Å². The van der Waals surface area contributed by atoms with Crippen LogP contribution in [-0.2, 0) is 6.42 Å². The summed E-state index contributed by atoms with van der Waals surface area (Å²) in [4.78, 5) is 4.35. The van der Waals surface area contributed by atoms with Crippen molar-refractivity contribution in [3.8, 4) is 0 Å². The van der Waals surface area contributed by atoms with Crippen molar-refractivity contribution in [1.82, 2.24) is 20.3 Å². The van der Waals surface area contributed by atoms with E-state index in [1.807, 2.05) is 30.3 Å². The van der Waals surface area contributed by atoms with Crippen molar-refractivity contribution >= 4 is 33.5 Å². The molecule has 0 spiro atoms. The molecule has 0 fully saturated rings. The van der Waals surface area contributed by atoms with Gasteiger partial charge in [0.1, 0.15) is 5.52 Å². The Morgan fingerprint density at radius 2 is 2.08 bits per heavy atom. The lowest BCUT2D eigenvalue weighted by Gasteiger charge is -2.15. The van der Waals surface area contributed by atoms with Crippen molar-refractivity contribution in [2.75, 3.05) is 5.32 Å². The molecule has 24 heavy (non-hydrogen) atoms. The molecular formula is C18H19N5O. The second kappa shape index (κ2) is 5.33. The highest BCUT2D eigenvalue weighted by Gasteiger charge is 2.17. The summed E-state index contributed by atoms with van der Waals surface area (Å²) in [6, 6.07) is 9.81. The first-order valence-electron chi connectivity index (χ1n) is 7.94. The quantitative estimate of drug-likeness (QED) is 0.583. The van der Waals surface area contributed by atoms with E-state index in [0.29, 0.717) is 5.82 Å². The Bertz CT molecular complexity index is 1010. The highest BCUT2D eigenvalue weighted by atomic mass is 16.5. The highest BCUT2D eigenvalue weighted by Crippen LogP contribution is 2.29. The monoisotopic (exact) mass is 321 g/mol. The number of hydrogen-bond acceptors (Lipinski definition) is 5. The topological polar surface area (TPSA) is 79.6 Å². The average molecular weight is 321 g/mol. The summed E-state index contributed by atoms with van der Waals surface area (Å²) in [5.41, 5.74) is 4.53. The maximum atomic E-state index is 5.51. The van der Waals surface area contributed by atoms with Crippen molar-refractivity contribution < 1.29 is 4.52 Å². The van der Waals surface area contributed by atoms with Crippen molar-refractivity contribution in [2.45, 2.75) is 27.2 Å². The van der Waals surface area contributed by atoms with Gasteiger partial charge >= 0.3 is 0 Å². The largest absolute Gasteiger partial charge is 0.356 e. The highest BCUT2D eigenvalue weighted by molar-refractivity contribution is 5.89. The number of aromatic nitrogens is 4. The molecule has 0 saturated carbocycles. The molecule has 6 nitrogen and oxygen atoms in total. The number of benzene rings is 1. The van der Waals surface area contributed by atoms with Crippen LogP contribution in [0.25, 0.3) is 22.0 Å². The van der Waals surface area contributed by atoms with Crippen LogP contribution in [-0.4, -0.2) is 20.3 Å². The minimum atomic E-state index is 0.167. The first kappa shape index (κ1) is 14.7. The number of pyridine rings is 1. The molecule has 4 aromatic rings. The van der Waals surface area contributed by atoms with E-state index in [1.54, 1.807) is 6.20 Å². The predicted molar refractivity (Wildman–Crippen MR) is 94.3 cm³/mol. The van der Waals surface area contributed by atoms with Crippen LogP contribution in [0.4, 0.5) is 11.5 Å². The van der Waals surface area contributed by atoms with Gasteiger partial charge in [-0.05, 0) is 36.1 Å². The van der Waals surface area contributed by atoms with E-state index in [4.69, 9.17) is 4.52 Å². The Kier molecular flexibility index (Phi) is 3.26. The van der Waals surface area contributed by atoms with E-state index in [1.165, 1.54) is 0 Å². The molecule has 3 aromatic heterocycles. The Hall–Kier alpha value is -2.89. The molecule has 0 atom stereocenters. The number of nitrogens with one attached hydrogen (secondary N) is 2. The van der Waals surface area contributed by atoms with Gasteiger partial charge in [0.05, 0.1) is 11.2 Å². The molecule has 2 N–H and O–H groups in total. The lowest BCUT2D eigenvalue weighted by atomic mass is 9.89. The zero-order valence-electron chi connectivity index (χ0n) is 13.9. The van der Waals surface area contributed by atoms with Gasteiger partial charge in [0.2, 0.25) is 0 Å². The number of rotatable bonds is 3. The first-order chi connectivity index (χ1) is 11.5. The van der Waals surface area contributed by atoms with Gasteiger partial charge in [-0.1, -0.05) is 25.9 Å². The Morgan fingerprint density at radius 1 is 1.21 bits per heavy atom. The van der Waals surface area contributed by atoms with Crippen LogP contribution < -0.4 is 5.32 Å². The molecule has 0 aliphatic carbocycles. The SMILES string of the molecule is CC(C)(C)Cc1noc2cc(Nc3n[nH]c4cccnc34)ccc12. The molecule has 0 aliphatic heterocycles. The Labute approximate surface area is 139 Å². The molecule has 122 valence electrons. The number of fused-ring (bicyclic) bond motifs is 2. The summed E-state index contributed by atoms with van der Waals surface area (Å²) < 4.78 is 5.51. The maximum absolute atomic E-state index is 5.51. The van der Waals surface area contributed by atoms with Gasteiger partial charge in [-0.15, -0.1) is 0 Å². The van der Waals surface area contributed by atoms with Gasteiger partial charge in [-0.2, -0.15) is 5.10 Å². The van der Waals surface area contributed by atoms with Crippen LogP contribution in [0, 0.1) is 5.41 Å². The Morgan fingerprint density at radius 3 is 2.92 bits per heavy atom. The third-order valence-electron chi connectivity index (χ3n) is 3.83. The van der Waals surface area contributed by atoms with E-state index < -0.39 is 0 Å². The Balaban J connectivity index is 1.66. The second-order valence-electron chi connectivity index (χ2n) is 7.17. The standard InChI is InChI=1S/C18H19N5O/c1-18(2,3)10-14-12-7-6-11(9-15(12)24-23-14)20-17-16-13(21-22-17)5-4-8-19-16/h4-9H,10H2,1-3H3,(H2,20,21,22). The van der Waals surface area contributed by atoms with E-state index in [-0.39, 0.29) is 5.41 Å². The van der Waals surface area contributed by atoms with Crippen LogP contribution in [0.3, 0.4) is 0 Å². The normalized spacial score (nSPS) is 12.1. The van der Waals surface area contributed by atoms with Crippen molar-refractivity contribution in [3.05, 3.63) is 42.2 Å². The molecule has 6 heteroatoms. The zero-order valence-corrected chi connectivity index (χ0v) is 13.9. The van der Waals surface area contributed by atoms with E-state index in [0.717, 1.165) is 39.8 Å². The smallest absolute Gasteiger partial charge is 0.178 e. The summed E-state index contributed by atoms with van der Waals surface area (Å²) in [7, 11) is 0. The van der Waals surface area contributed by atoms with Gasteiger partial charge in [0, 0.05) is 23.3 Å². The van der Waals surface area contributed by atoms with Gasteiger partial charge in [-0.3, -0.25) is 10.1 Å². The number of anilines is 2. The van der Waals surface area contributed by atoms with Gasteiger partial charge < -0.3 is 9.84 Å². The number of aromatic amines is 1. The average Bonchev–Trinajstić information content (AvgIpc) is 3.11. The number of hydrogen-bond donors (Lipinski definition) is 2. The fourth-order valence-corrected chi connectivity index (χ4v) is 2.77. The van der Waals surface area contributed by atoms with Crippen LogP contribution >= 0.6 is 0 Å². The number of nitrogens with zero attached hydrogens (tertiary/aromatic N) is 3. The van der Waals surface area contributed by atoms with Crippen molar-refractivity contribution in [3.63, 3.8) is 0 Å². The molecular weight excluding hydrogens is 302 g/mol. The van der Waals surface area contributed by atoms with Crippen molar-refractivity contribution in [2.24, 2.45) is 5.41 Å². The van der Waals surface area contributed by atoms with Gasteiger partial charge in [0.15, 0.2) is 11.4 Å². The maximum Gasteiger partial charge on any atom is 0.178 e. The molecule has 0 aliphatic rings. The first-order valence-corrected chi connectivity index (χ1v) is 7.94. The lowest BCUT2D eigenvalue weighted by molar-refractivity contribution is 0.382. The molecule has 0 unspecified atom stereocenters.